The molecule has 0 amide bonds. The van der Waals surface area contributed by atoms with Gasteiger partial charge in [0.1, 0.15) is 5.82 Å². The van der Waals surface area contributed by atoms with E-state index in [0.717, 1.165) is 18.4 Å². The third-order valence-electron chi connectivity index (χ3n) is 4.25. The highest BCUT2D eigenvalue weighted by atomic mass is 32.2. The molecule has 0 radical (unpaired) electrons. The molecule has 0 aliphatic rings. The fourth-order valence-electron chi connectivity index (χ4n) is 2.88. The van der Waals surface area contributed by atoms with Crippen LogP contribution in [-0.2, 0) is 16.3 Å². The SMILES string of the molecule is CCc1cn2c(-c3ccnc(S(C)(=O)=O)n3)c(-c3ccc(F)cc3)nc2cn1. The average Bonchev–Trinajstić information content (AvgIpc) is 3.06. The maximum absolute atomic E-state index is 13.4. The normalized spacial score (nSPS) is 11.8. The second-order valence-corrected chi connectivity index (χ2v) is 8.18. The molecular weight excluding hydrogens is 381 g/mol. The molecule has 0 unspecified atom stereocenters. The Morgan fingerprint density at radius 1 is 1.07 bits per heavy atom. The van der Waals surface area contributed by atoms with Gasteiger partial charge in [-0.1, -0.05) is 6.92 Å². The standard InChI is InChI=1S/C19H16FN5O2S/c1-3-14-11-25-16(10-22-14)24-17(12-4-6-13(20)7-5-12)18(25)15-8-9-21-19(23-15)28(2,26)27/h4-11H,3H2,1-2H3. The molecule has 28 heavy (non-hydrogen) atoms. The Labute approximate surface area is 160 Å². The van der Waals surface area contributed by atoms with Crippen LogP contribution in [-0.4, -0.2) is 39.0 Å². The van der Waals surface area contributed by atoms with Gasteiger partial charge in [-0.25, -0.2) is 27.8 Å². The number of aryl methyl sites for hydroxylation is 1. The van der Waals surface area contributed by atoms with E-state index in [0.29, 0.717) is 28.3 Å². The second kappa shape index (κ2) is 6.75. The molecule has 0 aliphatic heterocycles. The van der Waals surface area contributed by atoms with E-state index in [1.165, 1.54) is 18.3 Å². The molecule has 0 saturated carbocycles. The van der Waals surface area contributed by atoms with Crippen LogP contribution in [0, 0.1) is 5.82 Å². The topological polar surface area (TPSA) is 90.1 Å². The Morgan fingerprint density at radius 2 is 1.82 bits per heavy atom. The van der Waals surface area contributed by atoms with Crippen LogP contribution in [0.1, 0.15) is 12.6 Å². The van der Waals surface area contributed by atoms with Gasteiger partial charge in [-0.05, 0) is 36.8 Å². The van der Waals surface area contributed by atoms with Crippen molar-refractivity contribution in [2.75, 3.05) is 6.26 Å². The second-order valence-electron chi connectivity index (χ2n) is 6.27. The average molecular weight is 397 g/mol. The summed E-state index contributed by atoms with van der Waals surface area (Å²) in [5.41, 5.74) is 3.63. The molecule has 0 aliphatic carbocycles. The maximum atomic E-state index is 13.4. The van der Waals surface area contributed by atoms with Gasteiger partial charge >= 0.3 is 0 Å². The van der Waals surface area contributed by atoms with Crippen molar-refractivity contribution >= 4 is 15.5 Å². The van der Waals surface area contributed by atoms with Crippen LogP contribution >= 0.6 is 0 Å². The molecule has 0 atom stereocenters. The van der Waals surface area contributed by atoms with Crippen LogP contribution < -0.4 is 0 Å². The van der Waals surface area contributed by atoms with Crippen molar-refractivity contribution in [1.29, 1.82) is 0 Å². The molecule has 0 bridgehead atoms. The zero-order valence-corrected chi connectivity index (χ0v) is 16.0. The molecule has 7 nitrogen and oxygen atoms in total. The number of imidazole rings is 1. The Hall–Kier alpha value is -3.20. The summed E-state index contributed by atoms with van der Waals surface area (Å²) in [6.45, 7) is 1.98. The van der Waals surface area contributed by atoms with Crippen LogP contribution in [0.25, 0.3) is 28.3 Å². The summed E-state index contributed by atoms with van der Waals surface area (Å²) in [5.74, 6) is -0.356. The van der Waals surface area contributed by atoms with Crippen molar-refractivity contribution < 1.29 is 12.8 Å². The quantitative estimate of drug-likeness (QED) is 0.492. The summed E-state index contributed by atoms with van der Waals surface area (Å²) >= 11 is 0. The first-order valence-electron chi connectivity index (χ1n) is 8.53. The number of hydrogen-bond acceptors (Lipinski definition) is 6. The third kappa shape index (κ3) is 3.24. The van der Waals surface area contributed by atoms with E-state index >= 15 is 0 Å². The lowest BCUT2D eigenvalue weighted by molar-refractivity contribution is 0.593. The van der Waals surface area contributed by atoms with Gasteiger partial charge in [0.05, 0.1) is 29.0 Å². The Morgan fingerprint density at radius 3 is 2.50 bits per heavy atom. The van der Waals surface area contributed by atoms with E-state index in [4.69, 9.17) is 0 Å². The predicted molar refractivity (Wildman–Crippen MR) is 102 cm³/mol. The summed E-state index contributed by atoms with van der Waals surface area (Å²) in [7, 11) is -3.58. The highest BCUT2D eigenvalue weighted by Crippen LogP contribution is 2.32. The molecule has 1 aromatic carbocycles. The van der Waals surface area contributed by atoms with Gasteiger partial charge in [-0.2, -0.15) is 0 Å². The monoisotopic (exact) mass is 397 g/mol. The van der Waals surface area contributed by atoms with Crippen molar-refractivity contribution in [3.8, 4) is 22.6 Å². The molecule has 0 fully saturated rings. The summed E-state index contributed by atoms with van der Waals surface area (Å²) < 4.78 is 39.0. The predicted octanol–water partition coefficient (Wildman–Crippen LogP) is 2.96. The molecule has 9 heteroatoms. The van der Waals surface area contributed by atoms with E-state index in [1.807, 2.05) is 17.5 Å². The van der Waals surface area contributed by atoms with E-state index in [2.05, 4.69) is 19.9 Å². The van der Waals surface area contributed by atoms with Gasteiger partial charge in [0.15, 0.2) is 5.65 Å². The number of aromatic nitrogens is 5. The molecule has 4 rings (SSSR count). The fraction of sp³-hybridized carbons (Fsp3) is 0.158. The Bertz CT molecular complexity index is 1280. The van der Waals surface area contributed by atoms with E-state index < -0.39 is 9.84 Å². The Balaban J connectivity index is 2.04. The molecule has 4 aromatic rings. The summed E-state index contributed by atoms with van der Waals surface area (Å²) in [6, 6.07) is 7.56. The highest BCUT2D eigenvalue weighted by molar-refractivity contribution is 7.90. The molecule has 0 N–H and O–H groups in total. The number of benzene rings is 1. The van der Waals surface area contributed by atoms with E-state index in [-0.39, 0.29) is 11.0 Å². The minimum Gasteiger partial charge on any atom is -0.295 e. The largest absolute Gasteiger partial charge is 0.295 e. The third-order valence-corrected chi connectivity index (χ3v) is 5.11. The number of rotatable bonds is 4. The van der Waals surface area contributed by atoms with Crippen LogP contribution in [0.3, 0.4) is 0 Å². The highest BCUT2D eigenvalue weighted by Gasteiger charge is 2.20. The smallest absolute Gasteiger partial charge is 0.247 e. The van der Waals surface area contributed by atoms with E-state index in [9.17, 15) is 12.8 Å². The van der Waals surface area contributed by atoms with Gasteiger partial charge in [-0.15, -0.1) is 0 Å². The molecule has 0 spiro atoms. The van der Waals surface area contributed by atoms with Crippen molar-refractivity contribution in [1.82, 2.24) is 24.3 Å². The Kier molecular flexibility index (Phi) is 4.38. The van der Waals surface area contributed by atoms with Crippen molar-refractivity contribution in [3.05, 3.63) is 60.4 Å². The fourth-order valence-corrected chi connectivity index (χ4v) is 3.40. The van der Waals surface area contributed by atoms with Gasteiger partial charge in [0.25, 0.3) is 0 Å². The minimum absolute atomic E-state index is 0.269. The summed E-state index contributed by atoms with van der Waals surface area (Å²) in [5, 5.41) is -0.269. The zero-order valence-electron chi connectivity index (χ0n) is 15.2. The molecular formula is C19H16FN5O2S. The summed E-state index contributed by atoms with van der Waals surface area (Å²) in [6.07, 6.45) is 6.66. The van der Waals surface area contributed by atoms with Crippen molar-refractivity contribution in [3.63, 3.8) is 0 Å². The van der Waals surface area contributed by atoms with Crippen LogP contribution in [0.2, 0.25) is 0 Å². The first-order valence-corrected chi connectivity index (χ1v) is 10.4. The van der Waals surface area contributed by atoms with Crippen molar-refractivity contribution in [2.24, 2.45) is 0 Å². The number of fused-ring (bicyclic) bond motifs is 1. The number of hydrogen-bond donors (Lipinski definition) is 0. The number of sulfone groups is 1. The zero-order chi connectivity index (χ0) is 19.9. The lowest BCUT2D eigenvalue weighted by atomic mass is 10.1. The number of halogens is 1. The van der Waals surface area contributed by atoms with Crippen LogP contribution in [0.4, 0.5) is 4.39 Å². The molecule has 142 valence electrons. The lowest BCUT2D eigenvalue weighted by Gasteiger charge is -2.07. The molecule has 0 saturated heterocycles. The lowest BCUT2D eigenvalue weighted by Crippen LogP contribution is -2.05. The number of nitrogens with zero attached hydrogens (tertiary/aromatic N) is 5. The van der Waals surface area contributed by atoms with Crippen molar-refractivity contribution in [2.45, 2.75) is 18.5 Å². The van der Waals surface area contributed by atoms with Gasteiger partial charge < -0.3 is 0 Å². The molecule has 3 heterocycles. The van der Waals surface area contributed by atoms with Gasteiger partial charge in [0.2, 0.25) is 15.0 Å². The minimum atomic E-state index is -3.58. The molecule has 3 aromatic heterocycles. The maximum Gasteiger partial charge on any atom is 0.247 e. The van der Waals surface area contributed by atoms with Crippen LogP contribution in [0.15, 0.2) is 54.1 Å². The van der Waals surface area contributed by atoms with Gasteiger partial charge in [-0.3, -0.25) is 9.38 Å². The first-order chi connectivity index (χ1) is 13.4. The summed E-state index contributed by atoms with van der Waals surface area (Å²) in [4.78, 5) is 17.1. The van der Waals surface area contributed by atoms with Gasteiger partial charge in [0, 0.05) is 24.2 Å². The van der Waals surface area contributed by atoms with Crippen LogP contribution in [0.5, 0.6) is 0 Å². The van der Waals surface area contributed by atoms with E-state index in [1.54, 1.807) is 24.4 Å². The first kappa shape index (κ1) is 18.2.